The normalized spacial score (nSPS) is 11.8. The number of methoxy groups -OCH3 is 2. The lowest BCUT2D eigenvalue weighted by atomic mass is 10.1. The number of hydrogen-bond acceptors (Lipinski definition) is 5. The minimum atomic E-state index is -4.62. The third kappa shape index (κ3) is 6.76. The molecule has 2 N–H and O–H groups in total. The summed E-state index contributed by atoms with van der Waals surface area (Å²) in [6, 6.07) is 25.4. The van der Waals surface area contributed by atoms with Gasteiger partial charge in [0.1, 0.15) is 22.3 Å². The van der Waals surface area contributed by atoms with Gasteiger partial charge in [-0.25, -0.2) is 0 Å². The molecule has 206 valence electrons. The zero-order valence-electron chi connectivity index (χ0n) is 21.5. The summed E-state index contributed by atoms with van der Waals surface area (Å²) in [7, 11) is 2.91. The maximum Gasteiger partial charge on any atom is 0.418 e. The van der Waals surface area contributed by atoms with Gasteiger partial charge in [-0.15, -0.1) is 11.8 Å². The molecule has 6 nitrogen and oxygen atoms in total. The third-order valence-corrected chi connectivity index (χ3v) is 7.12. The monoisotopic (exact) mass is 566 g/mol. The van der Waals surface area contributed by atoms with Crippen LogP contribution in [0.25, 0.3) is 0 Å². The standard InChI is InChI=1S/C30H25F3N2O4S/c1-38-24-13-8-14-25(39-2)26(24)28(36)34-20-15-17-21(18-16-20)40-27(19-9-4-3-5-10-19)29(37)35-23-12-7-6-11-22(23)30(31,32)33/h3-18,27H,1-2H3,(H,34,36)(H,35,37). The quantitative estimate of drug-likeness (QED) is 0.206. The van der Waals surface area contributed by atoms with E-state index < -0.39 is 28.8 Å². The number of alkyl halides is 3. The third-order valence-electron chi connectivity index (χ3n) is 5.85. The summed E-state index contributed by atoms with van der Waals surface area (Å²) in [5.74, 6) is -0.325. The first-order valence-corrected chi connectivity index (χ1v) is 12.9. The lowest BCUT2D eigenvalue weighted by Crippen LogP contribution is -2.21. The van der Waals surface area contributed by atoms with Crippen LogP contribution in [0.15, 0.2) is 102 Å². The minimum Gasteiger partial charge on any atom is -0.496 e. The van der Waals surface area contributed by atoms with Crippen LogP contribution in [0.5, 0.6) is 11.5 Å². The average molecular weight is 567 g/mol. The molecule has 0 saturated heterocycles. The number of benzene rings is 4. The van der Waals surface area contributed by atoms with Crippen molar-refractivity contribution in [3.05, 3.63) is 114 Å². The Morgan fingerprint density at radius 1 is 0.750 bits per heavy atom. The van der Waals surface area contributed by atoms with Gasteiger partial charge in [0.05, 0.1) is 25.5 Å². The Kier molecular flexibility index (Phi) is 9.00. The number of carbonyl (C=O) groups excluding carboxylic acids is 2. The fourth-order valence-electron chi connectivity index (χ4n) is 3.96. The Morgan fingerprint density at radius 3 is 1.95 bits per heavy atom. The Hall–Kier alpha value is -4.44. The van der Waals surface area contributed by atoms with Crippen LogP contribution in [0.4, 0.5) is 24.5 Å². The van der Waals surface area contributed by atoms with Gasteiger partial charge in [-0.3, -0.25) is 9.59 Å². The van der Waals surface area contributed by atoms with Crippen molar-refractivity contribution >= 4 is 35.0 Å². The molecule has 1 atom stereocenters. The Balaban J connectivity index is 1.54. The van der Waals surface area contributed by atoms with E-state index in [0.717, 1.165) is 6.07 Å². The van der Waals surface area contributed by atoms with Crippen molar-refractivity contribution in [2.75, 3.05) is 24.9 Å². The number of carbonyl (C=O) groups is 2. The molecule has 0 radical (unpaired) electrons. The number of thioether (sulfide) groups is 1. The molecule has 0 aliphatic heterocycles. The predicted octanol–water partition coefficient (Wildman–Crippen LogP) is 7.45. The number of halogens is 3. The molecule has 0 spiro atoms. The van der Waals surface area contributed by atoms with E-state index in [4.69, 9.17) is 9.47 Å². The first-order valence-electron chi connectivity index (χ1n) is 12.0. The summed E-state index contributed by atoms with van der Waals surface area (Å²) in [4.78, 5) is 26.9. The topological polar surface area (TPSA) is 76.7 Å². The van der Waals surface area contributed by atoms with E-state index in [9.17, 15) is 22.8 Å². The van der Waals surface area contributed by atoms with Crippen molar-refractivity contribution in [3.8, 4) is 11.5 Å². The fourth-order valence-corrected chi connectivity index (χ4v) is 4.98. The van der Waals surface area contributed by atoms with E-state index in [1.165, 1.54) is 44.2 Å². The molecule has 0 bridgehead atoms. The number of ether oxygens (including phenoxy) is 2. The van der Waals surface area contributed by atoms with Gasteiger partial charge in [0.15, 0.2) is 0 Å². The molecule has 4 rings (SSSR count). The highest BCUT2D eigenvalue weighted by molar-refractivity contribution is 8.00. The first-order chi connectivity index (χ1) is 19.2. The van der Waals surface area contributed by atoms with Gasteiger partial charge < -0.3 is 20.1 Å². The van der Waals surface area contributed by atoms with Crippen LogP contribution >= 0.6 is 11.8 Å². The molecule has 10 heteroatoms. The maximum atomic E-state index is 13.5. The lowest BCUT2D eigenvalue weighted by molar-refractivity contribution is -0.137. The van der Waals surface area contributed by atoms with Gasteiger partial charge >= 0.3 is 6.18 Å². The highest BCUT2D eigenvalue weighted by atomic mass is 32.2. The van der Waals surface area contributed by atoms with Crippen molar-refractivity contribution in [2.45, 2.75) is 16.3 Å². The summed E-state index contributed by atoms with van der Waals surface area (Å²) in [5.41, 5.74) is 0.112. The summed E-state index contributed by atoms with van der Waals surface area (Å²) < 4.78 is 51.1. The van der Waals surface area contributed by atoms with Crippen molar-refractivity contribution in [3.63, 3.8) is 0 Å². The summed E-state index contributed by atoms with van der Waals surface area (Å²) in [6.45, 7) is 0. The molecule has 4 aromatic rings. The van der Waals surface area contributed by atoms with Crippen LogP contribution in [0.3, 0.4) is 0 Å². The van der Waals surface area contributed by atoms with E-state index in [0.29, 0.717) is 27.6 Å². The molecule has 0 heterocycles. The van der Waals surface area contributed by atoms with Gasteiger partial charge in [-0.05, 0) is 54.1 Å². The lowest BCUT2D eigenvalue weighted by Gasteiger charge is -2.19. The molecule has 4 aromatic carbocycles. The van der Waals surface area contributed by atoms with Crippen LogP contribution in [0, 0.1) is 0 Å². The van der Waals surface area contributed by atoms with E-state index >= 15 is 0 Å². The fraction of sp³-hybridized carbons (Fsp3) is 0.133. The Morgan fingerprint density at radius 2 is 1.35 bits per heavy atom. The Bertz CT molecular complexity index is 1460. The molecular formula is C30H25F3N2O4S. The highest BCUT2D eigenvalue weighted by Crippen LogP contribution is 2.39. The van der Waals surface area contributed by atoms with E-state index in [1.54, 1.807) is 72.8 Å². The largest absolute Gasteiger partial charge is 0.496 e. The van der Waals surface area contributed by atoms with Crippen molar-refractivity contribution in [1.82, 2.24) is 0 Å². The molecule has 0 fully saturated rings. The number of anilines is 2. The minimum absolute atomic E-state index is 0.242. The second kappa shape index (κ2) is 12.6. The summed E-state index contributed by atoms with van der Waals surface area (Å²) in [5, 5.41) is 4.41. The van der Waals surface area contributed by atoms with E-state index in [-0.39, 0.29) is 11.3 Å². The molecule has 0 saturated carbocycles. The second-order valence-electron chi connectivity index (χ2n) is 8.46. The smallest absolute Gasteiger partial charge is 0.418 e. The number of rotatable bonds is 9. The SMILES string of the molecule is COc1cccc(OC)c1C(=O)Nc1ccc(SC(C(=O)Nc2ccccc2C(F)(F)F)c2ccccc2)cc1. The van der Waals surface area contributed by atoms with E-state index in [1.807, 2.05) is 0 Å². The zero-order chi connectivity index (χ0) is 28.7. The summed E-state index contributed by atoms with van der Waals surface area (Å²) >= 11 is 1.17. The van der Waals surface area contributed by atoms with Gasteiger partial charge in [-0.1, -0.05) is 48.5 Å². The van der Waals surface area contributed by atoms with Gasteiger partial charge in [-0.2, -0.15) is 13.2 Å². The van der Waals surface area contributed by atoms with Gasteiger partial charge in [0, 0.05) is 10.6 Å². The average Bonchev–Trinajstić information content (AvgIpc) is 2.96. The number of hydrogen-bond donors (Lipinski definition) is 2. The number of para-hydroxylation sites is 1. The summed E-state index contributed by atoms with van der Waals surface area (Å²) in [6.07, 6.45) is -4.62. The van der Waals surface area contributed by atoms with Gasteiger partial charge in [0.25, 0.3) is 5.91 Å². The number of nitrogens with one attached hydrogen (secondary N) is 2. The second-order valence-corrected chi connectivity index (χ2v) is 9.64. The van der Waals surface area contributed by atoms with Crippen molar-refractivity contribution < 1.29 is 32.2 Å². The molecule has 0 aliphatic rings. The van der Waals surface area contributed by atoms with Crippen LogP contribution in [-0.2, 0) is 11.0 Å². The predicted molar refractivity (Wildman–Crippen MR) is 149 cm³/mol. The number of amides is 2. The van der Waals surface area contributed by atoms with Crippen molar-refractivity contribution in [1.29, 1.82) is 0 Å². The molecule has 40 heavy (non-hydrogen) atoms. The van der Waals surface area contributed by atoms with E-state index in [2.05, 4.69) is 10.6 Å². The molecule has 2 amide bonds. The van der Waals surface area contributed by atoms with Crippen molar-refractivity contribution in [2.24, 2.45) is 0 Å². The highest BCUT2D eigenvalue weighted by Gasteiger charge is 2.34. The van der Waals surface area contributed by atoms with Crippen LogP contribution in [0.2, 0.25) is 0 Å². The molecule has 1 unspecified atom stereocenters. The van der Waals surface area contributed by atoms with Gasteiger partial charge in [0.2, 0.25) is 5.91 Å². The van der Waals surface area contributed by atoms with Crippen LogP contribution in [0.1, 0.15) is 26.7 Å². The maximum absolute atomic E-state index is 13.5. The first kappa shape index (κ1) is 28.6. The van der Waals surface area contributed by atoms with Crippen LogP contribution in [-0.4, -0.2) is 26.0 Å². The zero-order valence-corrected chi connectivity index (χ0v) is 22.3. The molecular weight excluding hydrogens is 541 g/mol. The Labute approximate surface area is 233 Å². The molecule has 0 aromatic heterocycles. The molecule has 0 aliphatic carbocycles. The van der Waals surface area contributed by atoms with Crippen LogP contribution < -0.4 is 20.1 Å².